The van der Waals surface area contributed by atoms with Gasteiger partial charge in [-0.25, -0.2) is 0 Å². The SMILES string of the molecule is O=C(N[C@H]1CCOc2ccccc21)c1ccc2noc(-c3ccccc3)c2c1. The van der Waals surface area contributed by atoms with Crippen LogP contribution in [0, 0.1) is 0 Å². The minimum Gasteiger partial charge on any atom is -0.493 e. The Labute approximate surface area is 161 Å². The van der Waals surface area contributed by atoms with Crippen LogP contribution >= 0.6 is 0 Å². The summed E-state index contributed by atoms with van der Waals surface area (Å²) in [5.41, 5.74) is 3.25. The molecule has 2 heterocycles. The monoisotopic (exact) mass is 370 g/mol. The van der Waals surface area contributed by atoms with Gasteiger partial charge in [0.1, 0.15) is 11.3 Å². The summed E-state index contributed by atoms with van der Waals surface area (Å²) in [5, 5.41) is 8.08. The van der Waals surface area contributed by atoms with Gasteiger partial charge in [0, 0.05) is 23.1 Å². The van der Waals surface area contributed by atoms with E-state index in [1.54, 1.807) is 6.07 Å². The number of fused-ring (bicyclic) bond motifs is 2. The van der Waals surface area contributed by atoms with Crippen molar-refractivity contribution in [3.63, 3.8) is 0 Å². The van der Waals surface area contributed by atoms with E-state index in [4.69, 9.17) is 9.26 Å². The molecule has 0 saturated carbocycles. The molecule has 5 rings (SSSR count). The zero-order chi connectivity index (χ0) is 18.9. The molecule has 0 saturated heterocycles. The maximum atomic E-state index is 12.9. The number of hydrogen-bond acceptors (Lipinski definition) is 4. The van der Waals surface area contributed by atoms with Crippen molar-refractivity contribution in [1.82, 2.24) is 10.5 Å². The number of carbonyl (C=O) groups excluding carboxylic acids is 1. The fourth-order valence-electron chi connectivity index (χ4n) is 3.61. The number of benzene rings is 3. The maximum Gasteiger partial charge on any atom is 0.251 e. The molecule has 0 aliphatic carbocycles. The highest BCUT2D eigenvalue weighted by Crippen LogP contribution is 2.32. The third kappa shape index (κ3) is 2.91. The highest BCUT2D eigenvalue weighted by Gasteiger charge is 2.23. The summed E-state index contributed by atoms with van der Waals surface area (Å²) < 4.78 is 11.2. The van der Waals surface area contributed by atoms with Crippen molar-refractivity contribution in [3.8, 4) is 17.1 Å². The lowest BCUT2D eigenvalue weighted by molar-refractivity contribution is 0.0925. The average molecular weight is 370 g/mol. The fraction of sp³-hybridized carbons (Fsp3) is 0.130. The van der Waals surface area contributed by atoms with Crippen LogP contribution in [0.2, 0.25) is 0 Å². The Morgan fingerprint density at radius 3 is 2.71 bits per heavy atom. The molecule has 0 spiro atoms. The van der Waals surface area contributed by atoms with Crippen LogP contribution in [0.3, 0.4) is 0 Å². The lowest BCUT2D eigenvalue weighted by Gasteiger charge is -2.26. The molecule has 3 aromatic carbocycles. The van der Waals surface area contributed by atoms with Gasteiger partial charge in [-0.05, 0) is 24.3 Å². The first-order valence-electron chi connectivity index (χ1n) is 9.27. The van der Waals surface area contributed by atoms with Crippen LogP contribution in [0.1, 0.15) is 28.4 Å². The molecule has 0 bridgehead atoms. The molecule has 1 aliphatic heterocycles. The molecule has 0 fully saturated rings. The Balaban J connectivity index is 1.46. The van der Waals surface area contributed by atoms with E-state index in [1.807, 2.05) is 66.7 Å². The number of nitrogens with zero attached hydrogens (tertiary/aromatic N) is 1. The van der Waals surface area contributed by atoms with E-state index in [0.717, 1.165) is 34.2 Å². The summed E-state index contributed by atoms with van der Waals surface area (Å²) >= 11 is 0. The van der Waals surface area contributed by atoms with Crippen molar-refractivity contribution in [2.75, 3.05) is 6.61 Å². The largest absolute Gasteiger partial charge is 0.493 e. The van der Waals surface area contributed by atoms with E-state index < -0.39 is 0 Å². The molecule has 1 N–H and O–H groups in total. The van der Waals surface area contributed by atoms with Gasteiger partial charge in [-0.15, -0.1) is 0 Å². The average Bonchev–Trinajstić information content (AvgIpc) is 3.18. The molecule has 1 aromatic heterocycles. The second-order valence-corrected chi connectivity index (χ2v) is 6.81. The second kappa shape index (κ2) is 6.85. The molecule has 4 aromatic rings. The minimum atomic E-state index is -0.121. The number of nitrogens with one attached hydrogen (secondary N) is 1. The molecule has 0 radical (unpaired) electrons. The number of para-hydroxylation sites is 1. The Bertz CT molecular complexity index is 1150. The van der Waals surface area contributed by atoms with E-state index in [-0.39, 0.29) is 11.9 Å². The summed E-state index contributed by atoms with van der Waals surface area (Å²) in [6.45, 7) is 0.588. The molecule has 1 amide bonds. The Morgan fingerprint density at radius 2 is 1.82 bits per heavy atom. The highest BCUT2D eigenvalue weighted by molar-refractivity contribution is 6.01. The van der Waals surface area contributed by atoms with Crippen LogP contribution in [-0.2, 0) is 0 Å². The first kappa shape index (κ1) is 16.6. The third-order valence-corrected chi connectivity index (χ3v) is 5.04. The van der Waals surface area contributed by atoms with Gasteiger partial charge < -0.3 is 14.6 Å². The van der Waals surface area contributed by atoms with Gasteiger partial charge in [0.05, 0.1) is 18.0 Å². The Kier molecular flexibility index (Phi) is 4.05. The van der Waals surface area contributed by atoms with Gasteiger partial charge in [-0.3, -0.25) is 4.79 Å². The van der Waals surface area contributed by atoms with E-state index in [0.29, 0.717) is 17.9 Å². The summed E-state index contributed by atoms with van der Waals surface area (Å²) in [7, 11) is 0. The molecule has 1 aliphatic rings. The van der Waals surface area contributed by atoms with Crippen molar-refractivity contribution in [3.05, 3.63) is 83.9 Å². The van der Waals surface area contributed by atoms with Gasteiger partial charge in [-0.1, -0.05) is 53.7 Å². The van der Waals surface area contributed by atoms with Crippen molar-refractivity contribution < 1.29 is 14.1 Å². The number of ether oxygens (including phenoxy) is 1. The molecular weight excluding hydrogens is 352 g/mol. The van der Waals surface area contributed by atoms with Gasteiger partial charge in [0.15, 0.2) is 5.76 Å². The van der Waals surface area contributed by atoms with Crippen LogP contribution in [0.5, 0.6) is 5.75 Å². The summed E-state index contributed by atoms with van der Waals surface area (Å²) in [6.07, 6.45) is 0.744. The third-order valence-electron chi connectivity index (χ3n) is 5.04. The van der Waals surface area contributed by atoms with Crippen molar-refractivity contribution in [1.29, 1.82) is 0 Å². The molecule has 28 heavy (non-hydrogen) atoms. The van der Waals surface area contributed by atoms with Gasteiger partial charge in [0.2, 0.25) is 0 Å². The predicted octanol–water partition coefficient (Wildman–Crippen LogP) is 4.75. The minimum absolute atomic E-state index is 0.0655. The summed E-state index contributed by atoms with van der Waals surface area (Å²) in [6, 6.07) is 23.0. The highest BCUT2D eigenvalue weighted by atomic mass is 16.5. The summed E-state index contributed by atoms with van der Waals surface area (Å²) in [5.74, 6) is 1.38. The number of carbonyl (C=O) groups is 1. The standard InChI is InChI=1S/C23H18N2O3/c26-23(24-19-12-13-27-21-9-5-4-8-17(19)21)16-10-11-20-18(14-16)22(28-25-20)15-6-2-1-3-7-15/h1-11,14,19H,12-13H2,(H,24,26)/t19-/m0/s1. The zero-order valence-electron chi connectivity index (χ0n) is 15.1. The van der Waals surface area contributed by atoms with E-state index in [2.05, 4.69) is 10.5 Å². The quantitative estimate of drug-likeness (QED) is 0.565. The van der Waals surface area contributed by atoms with Gasteiger partial charge in [0.25, 0.3) is 5.91 Å². The first-order chi connectivity index (χ1) is 13.8. The maximum absolute atomic E-state index is 12.9. The topological polar surface area (TPSA) is 64.4 Å². The zero-order valence-corrected chi connectivity index (χ0v) is 15.1. The normalized spacial score (nSPS) is 15.6. The number of aromatic nitrogens is 1. The van der Waals surface area contributed by atoms with Crippen LogP contribution < -0.4 is 10.1 Å². The lowest BCUT2D eigenvalue weighted by Crippen LogP contribution is -2.32. The summed E-state index contributed by atoms with van der Waals surface area (Å²) in [4.78, 5) is 12.9. The van der Waals surface area contributed by atoms with E-state index >= 15 is 0 Å². The van der Waals surface area contributed by atoms with Crippen LogP contribution in [0.25, 0.3) is 22.2 Å². The smallest absolute Gasteiger partial charge is 0.251 e. The lowest BCUT2D eigenvalue weighted by atomic mass is 10.00. The van der Waals surface area contributed by atoms with Crippen LogP contribution in [0.15, 0.2) is 77.3 Å². The Hall–Kier alpha value is -3.60. The van der Waals surface area contributed by atoms with Crippen molar-refractivity contribution >= 4 is 16.8 Å². The second-order valence-electron chi connectivity index (χ2n) is 6.81. The predicted molar refractivity (Wildman–Crippen MR) is 106 cm³/mol. The Morgan fingerprint density at radius 1 is 1.00 bits per heavy atom. The molecular formula is C23H18N2O3. The van der Waals surface area contributed by atoms with Gasteiger partial charge in [-0.2, -0.15) is 0 Å². The van der Waals surface area contributed by atoms with E-state index in [1.165, 1.54) is 0 Å². The molecule has 5 nitrogen and oxygen atoms in total. The van der Waals surface area contributed by atoms with Gasteiger partial charge >= 0.3 is 0 Å². The molecule has 5 heteroatoms. The number of amides is 1. The van der Waals surface area contributed by atoms with Crippen molar-refractivity contribution in [2.45, 2.75) is 12.5 Å². The first-order valence-corrected chi connectivity index (χ1v) is 9.27. The molecule has 138 valence electrons. The fourth-order valence-corrected chi connectivity index (χ4v) is 3.61. The molecule has 1 atom stereocenters. The van der Waals surface area contributed by atoms with E-state index in [9.17, 15) is 4.79 Å². The van der Waals surface area contributed by atoms with Crippen LogP contribution in [0.4, 0.5) is 0 Å². The number of hydrogen-bond donors (Lipinski definition) is 1. The number of rotatable bonds is 3. The van der Waals surface area contributed by atoms with Crippen molar-refractivity contribution in [2.24, 2.45) is 0 Å². The molecule has 0 unspecified atom stereocenters. The van der Waals surface area contributed by atoms with Crippen LogP contribution in [-0.4, -0.2) is 17.7 Å².